The van der Waals surface area contributed by atoms with Crippen LogP contribution in [0.3, 0.4) is 0 Å². The Kier molecular flexibility index (Phi) is 7.37. The Hall–Kier alpha value is -0.900. The Labute approximate surface area is 184 Å². The zero-order valence-corrected chi connectivity index (χ0v) is 19.8. The fourth-order valence-electron chi connectivity index (χ4n) is 6.58. The van der Waals surface area contributed by atoms with Crippen LogP contribution in [0.15, 0.2) is 34.9 Å². The van der Waals surface area contributed by atoms with Crippen LogP contribution < -0.4 is 0 Å². The number of aliphatic hydroxyl groups excluding tert-OH is 2. The fourth-order valence-corrected chi connectivity index (χ4v) is 6.58. The standard InChI is InChI=1S/C27H44O3/c1-18(8-6-14-26(3,4)30)23-12-13-24-20(9-7-15-27(23,24)5)10-11-21-16-22(28)17-25(29)19(21)2/h9-11,18,22-25,28-30H,6-8,12-17H2,1-5H3/t18?,22-,23-,24?,25?,27-/m1/s1. The highest BCUT2D eigenvalue weighted by Crippen LogP contribution is 2.58. The van der Waals surface area contributed by atoms with E-state index >= 15 is 0 Å². The van der Waals surface area contributed by atoms with E-state index in [4.69, 9.17) is 0 Å². The second-order valence-corrected chi connectivity index (χ2v) is 11.3. The average Bonchev–Trinajstić information content (AvgIpc) is 3.00. The number of fused-ring (bicyclic) bond motifs is 1. The zero-order chi connectivity index (χ0) is 22.1. The summed E-state index contributed by atoms with van der Waals surface area (Å²) in [6, 6.07) is 0. The van der Waals surface area contributed by atoms with Crippen LogP contribution in [0.1, 0.15) is 92.4 Å². The van der Waals surface area contributed by atoms with Crippen molar-refractivity contribution in [2.75, 3.05) is 0 Å². The third-order valence-corrected chi connectivity index (χ3v) is 8.44. The van der Waals surface area contributed by atoms with Crippen molar-refractivity contribution in [1.82, 2.24) is 0 Å². The molecule has 0 aromatic heterocycles. The highest BCUT2D eigenvalue weighted by Gasteiger charge is 2.49. The Balaban J connectivity index is 1.68. The zero-order valence-electron chi connectivity index (χ0n) is 19.8. The maximum Gasteiger partial charge on any atom is 0.0777 e. The predicted molar refractivity (Wildman–Crippen MR) is 124 cm³/mol. The van der Waals surface area contributed by atoms with E-state index in [0.29, 0.717) is 30.1 Å². The summed E-state index contributed by atoms with van der Waals surface area (Å²) in [5, 5.41) is 30.3. The predicted octanol–water partition coefficient (Wildman–Crippen LogP) is 5.70. The van der Waals surface area contributed by atoms with E-state index in [0.717, 1.165) is 36.3 Å². The van der Waals surface area contributed by atoms with Crippen molar-refractivity contribution in [2.45, 2.75) is 110 Å². The van der Waals surface area contributed by atoms with E-state index in [1.54, 1.807) is 0 Å². The van der Waals surface area contributed by atoms with Gasteiger partial charge in [0.05, 0.1) is 17.8 Å². The van der Waals surface area contributed by atoms with Gasteiger partial charge in [0.15, 0.2) is 0 Å². The normalized spacial score (nSPS) is 36.2. The minimum atomic E-state index is -0.555. The van der Waals surface area contributed by atoms with Crippen molar-refractivity contribution < 1.29 is 15.3 Å². The molecule has 170 valence electrons. The van der Waals surface area contributed by atoms with Gasteiger partial charge in [-0.05, 0) is 99.2 Å². The van der Waals surface area contributed by atoms with Crippen LogP contribution in [0, 0.1) is 23.2 Å². The molecule has 0 spiro atoms. The molecule has 0 aliphatic heterocycles. The van der Waals surface area contributed by atoms with Crippen LogP contribution in [0.5, 0.6) is 0 Å². The summed E-state index contributed by atoms with van der Waals surface area (Å²) < 4.78 is 0. The third kappa shape index (κ3) is 5.29. The first-order valence-electron chi connectivity index (χ1n) is 12.2. The smallest absolute Gasteiger partial charge is 0.0777 e. The molecular weight excluding hydrogens is 372 g/mol. The summed E-state index contributed by atoms with van der Waals surface area (Å²) in [5.74, 6) is 2.06. The van der Waals surface area contributed by atoms with Crippen molar-refractivity contribution in [3.05, 3.63) is 34.9 Å². The van der Waals surface area contributed by atoms with Crippen molar-refractivity contribution >= 4 is 0 Å². The van der Waals surface area contributed by atoms with Gasteiger partial charge < -0.3 is 15.3 Å². The van der Waals surface area contributed by atoms with Gasteiger partial charge in [-0.15, -0.1) is 0 Å². The van der Waals surface area contributed by atoms with Gasteiger partial charge >= 0.3 is 0 Å². The quantitative estimate of drug-likeness (QED) is 0.498. The van der Waals surface area contributed by atoms with Gasteiger partial charge in [-0.1, -0.05) is 44.9 Å². The molecule has 3 unspecified atom stereocenters. The van der Waals surface area contributed by atoms with Gasteiger partial charge in [-0.3, -0.25) is 0 Å². The maximum absolute atomic E-state index is 10.2. The van der Waals surface area contributed by atoms with Gasteiger partial charge in [0.2, 0.25) is 0 Å². The SMILES string of the molecule is CC1=C(C=CC2=CCC[C@@]3(C)C2CC[C@@H]3C(C)CCCC(C)(C)O)C[C@@H](O)CC1O. The molecule has 0 bridgehead atoms. The maximum atomic E-state index is 10.2. The van der Waals surface area contributed by atoms with E-state index in [9.17, 15) is 15.3 Å². The lowest BCUT2D eigenvalue weighted by atomic mass is 9.62. The lowest BCUT2D eigenvalue weighted by Gasteiger charge is -2.43. The molecule has 0 heterocycles. The van der Waals surface area contributed by atoms with Crippen molar-refractivity contribution in [2.24, 2.45) is 23.2 Å². The van der Waals surface area contributed by atoms with Gasteiger partial charge in [-0.2, -0.15) is 0 Å². The molecule has 0 aromatic carbocycles. The summed E-state index contributed by atoms with van der Waals surface area (Å²) in [5.41, 5.74) is 3.38. The molecule has 30 heavy (non-hydrogen) atoms. The minimum absolute atomic E-state index is 0.359. The van der Waals surface area contributed by atoms with Crippen LogP contribution in [0.25, 0.3) is 0 Å². The van der Waals surface area contributed by atoms with E-state index in [-0.39, 0.29) is 0 Å². The van der Waals surface area contributed by atoms with Gasteiger partial charge in [0.25, 0.3) is 0 Å². The second-order valence-electron chi connectivity index (χ2n) is 11.3. The van der Waals surface area contributed by atoms with Crippen LogP contribution in [-0.4, -0.2) is 33.1 Å². The van der Waals surface area contributed by atoms with Crippen LogP contribution >= 0.6 is 0 Å². The number of aliphatic hydroxyl groups is 3. The van der Waals surface area contributed by atoms with Crippen molar-refractivity contribution in [3.63, 3.8) is 0 Å². The molecule has 0 aromatic rings. The molecule has 3 heteroatoms. The van der Waals surface area contributed by atoms with Crippen LogP contribution in [0.4, 0.5) is 0 Å². The van der Waals surface area contributed by atoms with Gasteiger partial charge in [0, 0.05) is 6.42 Å². The average molecular weight is 417 g/mol. The van der Waals surface area contributed by atoms with Gasteiger partial charge in [-0.25, -0.2) is 0 Å². The van der Waals surface area contributed by atoms with Gasteiger partial charge in [0.1, 0.15) is 0 Å². The Morgan fingerprint density at radius 1 is 1.23 bits per heavy atom. The minimum Gasteiger partial charge on any atom is -0.393 e. The Bertz CT molecular complexity index is 695. The fraction of sp³-hybridized carbons (Fsp3) is 0.778. The van der Waals surface area contributed by atoms with Crippen molar-refractivity contribution in [3.8, 4) is 0 Å². The molecule has 0 amide bonds. The van der Waals surface area contributed by atoms with E-state index in [1.807, 2.05) is 20.8 Å². The Morgan fingerprint density at radius 3 is 2.67 bits per heavy atom. The Morgan fingerprint density at radius 2 is 1.97 bits per heavy atom. The summed E-state index contributed by atoms with van der Waals surface area (Å²) in [4.78, 5) is 0. The van der Waals surface area contributed by atoms with E-state index < -0.39 is 17.8 Å². The van der Waals surface area contributed by atoms with Crippen LogP contribution in [-0.2, 0) is 0 Å². The number of hydrogen-bond acceptors (Lipinski definition) is 3. The van der Waals surface area contributed by atoms with E-state index in [2.05, 4.69) is 32.1 Å². The second kappa shape index (κ2) is 9.30. The molecule has 3 aliphatic carbocycles. The summed E-state index contributed by atoms with van der Waals surface area (Å²) in [6.45, 7) is 10.8. The third-order valence-electron chi connectivity index (χ3n) is 8.44. The molecule has 6 atom stereocenters. The largest absolute Gasteiger partial charge is 0.393 e. The number of allylic oxidation sites excluding steroid dienone is 4. The molecule has 3 rings (SSSR count). The monoisotopic (exact) mass is 416 g/mol. The summed E-state index contributed by atoms with van der Waals surface area (Å²) in [6.07, 6.45) is 15.2. The molecule has 0 saturated heterocycles. The first-order chi connectivity index (χ1) is 14.0. The lowest BCUT2D eigenvalue weighted by molar-refractivity contribution is 0.0613. The molecule has 3 aliphatic rings. The number of hydrogen-bond donors (Lipinski definition) is 3. The molecule has 3 nitrogen and oxygen atoms in total. The molecule has 0 radical (unpaired) electrons. The van der Waals surface area contributed by atoms with Crippen molar-refractivity contribution in [1.29, 1.82) is 0 Å². The topological polar surface area (TPSA) is 60.7 Å². The molecule has 3 N–H and O–H groups in total. The first-order valence-corrected chi connectivity index (χ1v) is 12.2. The molecular formula is C27H44O3. The number of rotatable bonds is 7. The molecule has 1 fully saturated rings. The summed E-state index contributed by atoms with van der Waals surface area (Å²) >= 11 is 0. The lowest BCUT2D eigenvalue weighted by Crippen LogP contribution is -2.35. The highest BCUT2D eigenvalue weighted by atomic mass is 16.3. The highest BCUT2D eigenvalue weighted by molar-refractivity contribution is 5.37. The summed E-state index contributed by atoms with van der Waals surface area (Å²) in [7, 11) is 0. The molecule has 1 saturated carbocycles. The van der Waals surface area contributed by atoms with E-state index in [1.165, 1.54) is 31.3 Å². The van der Waals surface area contributed by atoms with Crippen LogP contribution in [0.2, 0.25) is 0 Å². The first kappa shape index (κ1) is 23.8.